The third kappa shape index (κ3) is 5.43. The zero-order valence-corrected chi connectivity index (χ0v) is 13.5. The molecular formula is C17H36N2. The van der Waals surface area contributed by atoms with E-state index in [0.29, 0.717) is 6.04 Å². The van der Waals surface area contributed by atoms with E-state index in [2.05, 4.69) is 25.7 Å². The van der Waals surface area contributed by atoms with E-state index in [1.807, 2.05) is 0 Å². The van der Waals surface area contributed by atoms with Gasteiger partial charge in [-0.3, -0.25) is 4.90 Å². The summed E-state index contributed by atoms with van der Waals surface area (Å²) in [4.78, 5) is 2.69. The van der Waals surface area contributed by atoms with Crippen LogP contribution in [-0.2, 0) is 0 Å². The van der Waals surface area contributed by atoms with Crippen LogP contribution in [0.5, 0.6) is 0 Å². The summed E-state index contributed by atoms with van der Waals surface area (Å²) in [5, 5.41) is 0. The first-order chi connectivity index (χ1) is 9.26. The van der Waals surface area contributed by atoms with Gasteiger partial charge >= 0.3 is 0 Å². The zero-order valence-electron chi connectivity index (χ0n) is 13.5. The fourth-order valence-corrected chi connectivity index (χ4v) is 3.71. The Kier molecular flexibility index (Phi) is 8.72. The van der Waals surface area contributed by atoms with Crippen LogP contribution in [-0.4, -0.2) is 30.6 Å². The molecule has 2 heteroatoms. The molecule has 0 bridgehead atoms. The first kappa shape index (κ1) is 17.0. The minimum absolute atomic E-state index is 0.628. The second-order valence-corrected chi connectivity index (χ2v) is 6.32. The smallest absolute Gasteiger partial charge is 0.0246 e. The van der Waals surface area contributed by atoms with E-state index in [1.54, 1.807) is 0 Å². The fourth-order valence-electron chi connectivity index (χ4n) is 3.71. The topological polar surface area (TPSA) is 29.3 Å². The van der Waals surface area contributed by atoms with Crippen molar-refractivity contribution < 1.29 is 0 Å². The molecular weight excluding hydrogens is 232 g/mol. The lowest BCUT2D eigenvalue weighted by Gasteiger charge is -2.37. The van der Waals surface area contributed by atoms with Crippen molar-refractivity contribution in [3.63, 3.8) is 0 Å². The summed E-state index contributed by atoms with van der Waals surface area (Å²) in [5.41, 5.74) is 6.15. The van der Waals surface area contributed by atoms with Crippen LogP contribution >= 0.6 is 0 Å². The summed E-state index contributed by atoms with van der Waals surface area (Å²) in [5.74, 6) is 1.70. The van der Waals surface area contributed by atoms with Gasteiger partial charge in [0.05, 0.1) is 0 Å². The Labute approximate surface area is 121 Å². The molecule has 1 saturated carbocycles. The molecule has 2 N–H and O–H groups in total. The predicted molar refractivity (Wildman–Crippen MR) is 85.4 cm³/mol. The van der Waals surface area contributed by atoms with Gasteiger partial charge in [-0.1, -0.05) is 59.3 Å². The molecule has 1 unspecified atom stereocenters. The minimum atomic E-state index is 0.628. The predicted octanol–water partition coefficient (Wildman–Crippen LogP) is 4.04. The van der Waals surface area contributed by atoms with Gasteiger partial charge in [-0.15, -0.1) is 0 Å². The van der Waals surface area contributed by atoms with Gasteiger partial charge in [0.1, 0.15) is 0 Å². The van der Waals surface area contributed by atoms with Crippen molar-refractivity contribution in [3.05, 3.63) is 0 Å². The van der Waals surface area contributed by atoms with Gasteiger partial charge in [-0.25, -0.2) is 0 Å². The summed E-state index contributed by atoms with van der Waals surface area (Å²) in [6, 6.07) is 0.628. The lowest BCUT2D eigenvalue weighted by atomic mass is 9.89. The number of nitrogens with two attached hydrogens (primary N) is 1. The van der Waals surface area contributed by atoms with Crippen molar-refractivity contribution in [2.45, 2.75) is 78.2 Å². The molecule has 1 aliphatic carbocycles. The van der Waals surface area contributed by atoms with Crippen LogP contribution in [0.3, 0.4) is 0 Å². The van der Waals surface area contributed by atoms with E-state index >= 15 is 0 Å². The van der Waals surface area contributed by atoms with Crippen molar-refractivity contribution >= 4 is 0 Å². The Morgan fingerprint density at radius 2 is 1.58 bits per heavy atom. The summed E-state index contributed by atoms with van der Waals surface area (Å²) in [6.45, 7) is 10.2. The zero-order chi connectivity index (χ0) is 14.1. The van der Waals surface area contributed by atoms with Gasteiger partial charge in [0, 0.05) is 19.1 Å². The van der Waals surface area contributed by atoms with Crippen molar-refractivity contribution in [2.75, 3.05) is 19.6 Å². The quantitative estimate of drug-likeness (QED) is 0.673. The summed E-state index contributed by atoms with van der Waals surface area (Å²) in [7, 11) is 0. The SMILES string of the molecule is CCC(CC)CN(CC)C(CN)C1CCCCCC1. The van der Waals surface area contributed by atoms with Crippen molar-refractivity contribution in [3.8, 4) is 0 Å². The number of likely N-dealkylation sites (N-methyl/N-ethyl adjacent to an activating group) is 1. The molecule has 1 rings (SSSR count). The number of nitrogens with zero attached hydrogens (tertiary/aromatic N) is 1. The van der Waals surface area contributed by atoms with E-state index < -0.39 is 0 Å². The van der Waals surface area contributed by atoms with Crippen LogP contribution in [0.2, 0.25) is 0 Å². The molecule has 0 aromatic carbocycles. The van der Waals surface area contributed by atoms with Crippen LogP contribution in [0, 0.1) is 11.8 Å². The monoisotopic (exact) mass is 268 g/mol. The van der Waals surface area contributed by atoms with Gasteiger partial charge in [0.25, 0.3) is 0 Å². The molecule has 0 aliphatic heterocycles. The van der Waals surface area contributed by atoms with Crippen molar-refractivity contribution in [1.29, 1.82) is 0 Å². The molecule has 1 fully saturated rings. The summed E-state index contributed by atoms with van der Waals surface area (Å²) in [6.07, 6.45) is 11.1. The highest BCUT2D eigenvalue weighted by molar-refractivity contribution is 4.82. The maximum absolute atomic E-state index is 6.15. The lowest BCUT2D eigenvalue weighted by molar-refractivity contribution is 0.119. The maximum Gasteiger partial charge on any atom is 0.0246 e. The van der Waals surface area contributed by atoms with Crippen LogP contribution in [0.15, 0.2) is 0 Å². The molecule has 0 spiro atoms. The van der Waals surface area contributed by atoms with Crippen LogP contribution in [0.25, 0.3) is 0 Å². The lowest BCUT2D eigenvalue weighted by Crippen LogP contribution is -2.47. The van der Waals surface area contributed by atoms with E-state index in [4.69, 9.17) is 5.73 Å². The largest absolute Gasteiger partial charge is 0.329 e. The highest BCUT2D eigenvalue weighted by Crippen LogP contribution is 2.28. The average Bonchev–Trinajstić information content (AvgIpc) is 2.72. The van der Waals surface area contributed by atoms with E-state index in [1.165, 1.54) is 57.9 Å². The molecule has 1 atom stereocenters. The van der Waals surface area contributed by atoms with Gasteiger partial charge in [-0.05, 0) is 31.2 Å². The van der Waals surface area contributed by atoms with Gasteiger partial charge in [-0.2, -0.15) is 0 Å². The first-order valence-corrected chi connectivity index (χ1v) is 8.70. The number of rotatable bonds is 8. The summed E-state index contributed by atoms with van der Waals surface area (Å²) >= 11 is 0. The molecule has 0 saturated heterocycles. The fraction of sp³-hybridized carbons (Fsp3) is 1.00. The molecule has 114 valence electrons. The molecule has 0 radical (unpaired) electrons. The normalized spacial score (nSPS) is 19.9. The Bertz CT molecular complexity index is 205. The standard InChI is InChI=1S/C17H36N2/c1-4-15(5-2)14-19(6-3)17(13-18)16-11-9-7-8-10-12-16/h15-17H,4-14,18H2,1-3H3. The third-order valence-corrected chi connectivity index (χ3v) is 5.21. The van der Waals surface area contributed by atoms with Crippen molar-refractivity contribution in [2.24, 2.45) is 17.6 Å². The summed E-state index contributed by atoms with van der Waals surface area (Å²) < 4.78 is 0. The van der Waals surface area contributed by atoms with Crippen molar-refractivity contribution in [1.82, 2.24) is 4.90 Å². The molecule has 0 aromatic heterocycles. The van der Waals surface area contributed by atoms with E-state index in [-0.39, 0.29) is 0 Å². The Hall–Kier alpha value is -0.0800. The van der Waals surface area contributed by atoms with E-state index in [0.717, 1.165) is 24.9 Å². The molecule has 19 heavy (non-hydrogen) atoms. The second-order valence-electron chi connectivity index (χ2n) is 6.32. The van der Waals surface area contributed by atoms with Crippen LogP contribution in [0.1, 0.15) is 72.1 Å². The van der Waals surface area contributed by atoms with Gasteiger partial charge in [0.15, 0.2) is 0 Å². The Morgan fingerprint density at radius 3 is 2.00 bits per heavy atom. The number of hydrogen-bond donors (Lipinski definition) is 1. The average molecular weight is 268 g/mol. The Morgan fingerprint density at radius 1 is 1.00 bits per heavy atom. The highest BCUT2D eigenvalue weighted by Gasteiger charge is 2.27. The van der Waals surface area contributed by atoms with Crippen LogP contribution < -0.4 is 5.73 Å². The van der Waals surface area contributed by atoms with Crippen LogP contribution in [0.4, 0.5) is 0 Å². The highest BCUT2D eigenvalue weighted by atomic mass is 15.2. The molecule has 0 aromatic rings. The van der Waals surface area contributed by atoms with Gasteiger partial charge < -0.3 is 5.73 Å². The number of hydrogen-bond acceptors (Lipinski definition) is 2. The first-order valence-electron chi connectivity index (χ1n) is 8.70. The molecule has 1 aliphatic rings. The van der Waals surface area contributed by atoms with Gasteiger partial charge in [0.2, 0.25) is 0 Å². The third-order valence-electron chi connectivity index (χ3n) is 5.21. The minimum Gasteiger partial charge on any atom is -0.329 e. The van der Waals surface area contributed by atoms with E-state index in [9.17, 15) is 0 Å². The molecule has 0 heterocycles. The molecule has 0 amide bonds. The Balaban J connectivity index is 2.62. The maximum atomic E-state index is 6.15. The molecule has 2 nitrogen and oxygen atoms in total. The second kappa shape index (κ2) is 9.77.